The van der Waals surface area contributed by atoms with E-state index in [9.17, 15) is 14.7 Å². The van der Waals surface area contributed by atoms with E-state index in [2.05, 4.69) is 10.6 Å². The number of hydrogen-bond acceptors (Lipinski definition) is 4. The van der Waals surface area contributed by atoms with Crippen molar-refractivity contribution in [2.45, 2.75) is 37.8 Å². The van der Waals surface area contributed by atoms with Gasteiger partial charge in [0.2, 0.25) is 5.91 Å². The number of carbonyl (C=O) groups excluding carboxylic acids is 2. The molecule has 2 aliphatic rings. The van der Waals surface area contributed by atoms with Crippen molar-refractivity contribution in [1.29, 1.82) is 0 Å². The van der Waals surface area contributed by atoms with Gasteiger partial charge < -0.3 is 20.5 Å². The standard InChI is InChI=1S/C18H24N2O4/c1-24-14-4-2-3-13(9-14)17(22)20-16(10-21)18(23)19-15-8-11-5-6-12(15)7-11/h2-4,9,11-12,15-16,21H,5-8,10H2,1H3,(H,19,23)(H,20,22). The Morgan fingerprint density at radius 3 is 2.79 bits per heavy atom. The Morgan fingerprint density at radius 2 is 2.17 bits per heavy atom. The zero-order valence-electron chi connectivity index (χ0n) is 13.8. The number of rotatable bonds is 6. The number of carbonyl (C=O) groups is 2. The highest BCUT2D eigenvalue weighted by Gasteiger charge is 2.40. The number of benzene rings is 1. The molecule has 0 heterocycles. The van der Waals surface area contributed by atoms with Crippen LogP contribution in [-0.4, -0.2) is 42.7 Å². The lowest BCUT2D eigenvalue weighted by atomic mass is 9.95. The Bertz CT molecular complexity index is 619. The second kappa shape index (κ2) is 7.21. The summed E-state index contributed by atoms with van der Waals surface area (Å²) < 4.78 is 5.09. The first-order valence-electron chi connectivity index (χ1n) is 8.47. The topological polar surface area (TPSA) is 87.7 Å². The van der Waals surface area contributed by atoms with Gasteiger partial charge in [-0.15, -0.1) is 0 Å². The van der Waals surface area contributed by atoms with Crippen LogP contribution >= 0.6 is 0 Å². The van der Waals surface area contributed by atoms with E-state index < -0.39 is 18.6 Å². The molecule has 2 aliphatic carbocycles. The summed E-state index contributed by atoms with van der Waals surface area (Å²) in [6.45, 7) is -0.428. The van der Waals surface area contributed by atoms with Crippen LogP contribution in [0.2, 0.25) is 0 Å². The fraction of sp³-hybridized carbons (Fsp3) is 0.556. The maximum atomic E-state index is 12.4. The van der Waals surface area contributed by atoms with Gasteiger partial charge in [0.25, 0.3) is 5.91 Å². The maximum Gasteiger partial charge on any atom is 0.252 e. The summed E-state index contributed by atoms with van der Waals surface area (Å²) in [5.41, 5.74) is 0.389. The molecular formula is C18H24N2O4. The minimum atomic E-state index is -0.942. The first kappa shape index (κ1) is 16.8. The summed E-state index contributed by atoms with van der Waals surface area (Å²) in [5, 5.41) is 15.1. The van der Waals surface area contributed by atoms with Crippen LogP contribution < -0.4 is 15.4 Å². The molecule has 3 N–H and O–H groups in total. The molecule has 4 atom stereocenters. The molecule has 2 bridgehead atoms. The molecule has 2 amide bonds. The predicted octanol–water partition coefficient (Wildman–Crippen LogP) is 1.09. The third-order valence-electron chi connectivity index (χ3n) is 5.20. The van der Waals surface area contributed by atoms with Crippen molar-refractivity contribution in [2.75, 3.05) is 13.7 Å². The fourth-order valence-electron chi connectivity index (χ4n) is 3.90. The molecule has 4 unspecified atom stereocenters. The molecule has 130 valence electrons. The van der Waals surface area contributed by atoms with Crippen molar-refractivity contribution in [3.8, 4) is 5.75 Å². The Kier molecular flexibility index (Phi) is 5.04. The first-order valence-corrected chi connectivity index (χ1v) is 8.47. The van der Waals surface area contributed by atoms with Crippen LogP contribution in [-0.2, 0) is 4.79 Å². The lowest BCUT2D eigenvalue weighted by molar-refractivity contribution is -0.124. The Hall–Kier alpha value is -2.08. The number of amides is 2. The van der Waals surface area contributed by atoms with Crippen molar-refractivity contribution in [3.05, 3.63) is 29.8 Å². The van der Waals surface area contributed by atoms with Gasteiger partial charge in [0.05, 0.1) is 13.7 Å². The lowest BCUT2D eigenvalue weighted by Gasteiger charge is -2.25. The third-order valence-corrected chi connectivity index (χ3v) is 5.20. The summed E-state index contributed by atoms with van der Waals surface area (Å²) in [6, 6.07) is 5.92. The van der Waals surface area contributed by atoms with Gasteiger partial charge in [0.15, 0.2) is 0 Å². The summed E-state index contributed by atoms with van der Waals surface area (Å²) in [5.74, 6) is 1.11. The van der Waals surface area contributed by atoms with E-state index >= 15 is 0 Å². The van der Waals surface area contributed by atoms with Gasteiger partial charge >= 0.3 is 0 Å². The molecule has 3 rings (SSSR count). The van der Waals surface area contributed by atoms with Gasteiger partial charge in [-0.1, -0.05) is 12.5 Å². The first-order chi connectivity index (χ1) is 11.6. The predicted molar refractivity (Wildman–Crippen MR) is 88.7 cm³/mol. The molecule has 6 heteroatoms. The summed E-state index contributed by atoms with van der Waals surface area (Å²) in [7, 11) is 1.52. The second-order valence-corrected chi connectivity index (χ2v) is 6.73. The van der Waals surface area contributed by atoms with E-state index in [1.54, 1.807) is 24.3 Å². The van der Waals surface area contributed by atoms with E-state index in [0.29, 0.717) is 17.2 Å². The Balaban J connectivity index is 1.59. The van der Waals surface area contributed by atoms with Gasteiger partial charge in [0.1, 0.15) is 11.8 Å². The average molecular weight is 332 g/mol. The second-order valence-electron chi connectivity index (χ2n) is 6.73. The van der Waals surface area contributed by atoms with E-state index in [4.69, 9.17) is 4.74 Å². The van der Waals surface area contributed by atoms with E-state index in [1.807, 2.05) is 0 Å². The van der Waals surface area contributed by atoms with E-state index in [-0.39, 0.29) is 11.9 Å². The van der Waals surface area contributed by atoms with Crippen LogP contribution in [0.15, 0.2) is 24.3 Å². The molecule has 2 saturated carbocycles. The lowest BCUT2D eigenvalue weighted by Crippen LogP contribution is -2.52. The highest BCUT2D eigenvalue weighted by Crippen LogP contribution is 2.44. The molecule has 0 aromatic heterocycles. The van der Waals surface area contributed by atoms with Crippen molar-refractivity contribution in [2.24, 2.45) is 11.8 Å². The monoisotopic (exact) mass is 332 g/mol. The van der Waals surface area contributed by atoms with Gasteiger partial charge in [-0.2, -0.15) is 0 Å². The van der Waals surface area contributed by atoms with Crippen LogP contribution in [0.1, 0.15) is 36.0 Å². The molecular weight excluding hydrogens is 308 g/mol. The van der Waals surface area contributed by atoms with Crippen LogP contribution in [0, 0.1) is 11.8 Å². The Labute approximate surface area is 141 Å². The van der Waals surface area contributed by atoms with Crippen molar-refractivity contribution >= 4 is 11.8 Å². The van der Waals surface area contributed by atoms with Gasteiger partial charge in [-0.05, 0) is 49.3 Å². The molecule has 0 saturated heterocycles. The largest absolute Gasteiger partial charge is 0.497 e. The zero-order valence-corrected chi connectivity index (χ0v) is 13.8. The molecule has 0 radical (unpaired) electrons. The third kappa shape index (κ3) is 3.53. The number of aliphatic hydroxyl groups is 1. The van der Waals surface area contributed by atoms with Crippen LogP contribution in [0.4, 0.5) is 0 Å². The number of nitrogens with one attached hydrogen (secondary N) is 2. The van der Waals surface area contributed by atoms with Crippen LogP contribution in [0.25, 0.3) is 0 Å². The van der Waals surface area contributed by atoms with E-state index in [1.165, 1.54) is 20.0 Å². The molecule has 2 fully saturated rings. The maximum absolute atomic E-state index is 12.4. The van der Waals surface area contributed by atoms with Crippen LogP contribution in [0.5, 0.6) is 5.75 Å². The number of aliphatic hydroxyl groups excluding tert-OH is 1. The normalized spacial score (nSPS) is 26.0. The highest BCUT2D eigenvalue weighted by atomic mass is 16.5. The zero-order chi connectivity index (χ0) is 17.1. The number of ether oxygens (including phenoxy) is 1. The molecule has 0 spiro atoms. The molecule has 1 aromatic carbocycles. The molecule has 0 aliphatic heterocycles. The van der Waals surface area contributed by atoms with E-state index in [0.717, 1.165) is 18.8 Å². The SMILES string of the molecule is COc1cccc(C(=O)NC(CO)C(=O)NC2CC3CCC2C3)c1. The van der Waals surface area contributed by atoms with Gasteiger partial charge in [-0.3, -0.25) is 9.59 Å². The smallest absolute Gasteiger partial charge is 0.252 e. The highest BCUT2D eigenvalue weighted by molar-refractivity contribution is 5.97. The van der Waals surface area contributed by atoms with Crippen LogP contribution in [0.3, 0.4) is 0 Å². The number of hydrogen-bond donors (Lipinski definition) is 3. The minimum absolute atomic E-state index is 0.180. The number of fused-ring (bicyclic) bond motifs is 2. The molecule has 24 heavy (non-hydrogen) atoms. The summed E-state index contributed by atoms with van der Waals surface area (Å²) >= 11 is 0. The quantitative estimate of drug-likeness (QED) is 0.728. The van der Waals surface area contributed by atoms with Gasteiger partial charge in [0, 0.05) is 11.6 Å². The van der Waals surface area contributed by atoms with Crippen molar-refractivity contribution in [1.82, 2.24) is 10.6 Å². The van der Waals surface area contributed by atoms with Gasteiger partial charge in [-0.25, -0.2) is 0 Å². The molecule has 1 aromatic rings. The minimum Gasteiger partial charge on any atom is -0.497 e. The summed E-state index contributed by atoms with van der Waals surface area (Å²) in [6.07, 6.45) is 4.62. The van der Waals surface area contributed by atoms with Crippen molar-refractivity contribution < 1.29 is 19.4 Å². The fourth-order valence-corrected chi connectivity index (χ4v) is 3.90. The average Bonchev–Trinajstić information content (AvgIpc) is 3.22. The Morgan fingerprint density at radius 1 is 1.33 bits per heavy atom. The number of methoxy groups -OCH3 is 1. The summed E-state index contributed by atoms with van der Waals surface area (Å²) in [4.78, 5) is 24.7. The molecule has 6 nitrogen and oxygen atoms in total. The van der Waals surface area contributed by atoms with Crippen molar-refractivity contribution in [3.63, 3.8) is 0 Å².